The number of ether oxygens (including phenoxy) is 2. The Hall–Kier alpha value is -4.66. The molecule has 188 valence electrons. The van der Waals surface area contributed by atoms with E-state index in [1.807, 2.05) is 30.3 Å². The number of benzene rings is 3. The number of hydrogen-bond acceptors (Lipinski definition) is 7. The maximum absolute atomic E-state index is 12.9. The van der Waals surface area contributed by atoms with Gasteiger partial charge in [-0.05, 0) is 67.6 Å². The Morgan fingerprint density at radius 3 is 2.51 bits per heavy atom. The number of nitro groups is 1. The van der Waals surface area contributed by atoms with Gasteiger partial charge in [0.05, 0.1) is 30.3 Å². The summed E-state index contributed by atoms with van der Waals surface area (Å²) in [7, 11) is 3.20. The fourth-order valence-corrected chi connectivity index (χ4v) is 4.67. The first-order valence-corrected chi connectivity index (χ1v) is 12.0. The minimum absolute atomic E-state index is 0.136. The second kappa shape index (κ2) is 10.1. The van der Waals surface area contributed by atoms with Crippen molar-refractivity contribution >= 4 is 39.6 Å². The average Bonchev–Trinajstić information content (AvgIpc) is 2.93. The van der Waals surface area contributed by atoms with Crippen molar-refractivity contribution in [3.8, 4) is 11.5 Å². The van der Waals surface area contributed by atoms with Crippen LogP contribution in [-0.4, -0.2) is 30.0 Å². The number of aryl methyl sites for hydroxylation is 1. The molecule has 0 aliphatic heterocycles. The standard InChI is InChI=1S/C28H26N4O5/c1-36-25-13-11-19(16-26(25)37-2)29-27-21-8-3-4-9-23(21)31-24-12-10-18(15-22(24)27)30-28(33)17-6-5-7-20(14-17)32(34)35/h5-7,10-16H,3-4,8-9H2,1-2H3,(H,29,31)(H,30,33). The summed E-state index contributed by atoms with van der Waals surface area (Å²) in [5.74, 6) is 0.828. The lowest BCUT2D eigenvalue weighted by molar-refractivity contribution is -0.384. The second-order valence-electron chi connectivity index (χ2n) is 8.81. The van der Waals surface area contributed by atoms with E-state index in [2.05, 4.69) is 10.6 Å². The van der Waals surface area contributed by atoms with Gasteiger partial charge < -0.3 is 20.1 Å². The number of amides is 1. The summed E-state index contributed by atoms with van der Waals surface area (Å²) in [6.45, 7) is 0. The van der Waals surface area contributed by atoms with Crippen molar-refractivity contribution in [3.05, 3.63) is 87.6 Å². The van der Waals surface area contributed by atoms with Crippen molar-refractivity contribution in [1.82, 2.24) is 4.98 Å². The first-order chi connectivity index (χ1) is 18.0. The normalized spacial score (nSPS) is 12.5. The highest BCUT2D eigenvalue weighted by Crippen LogP contribution is 2.38. The quantitative estimate of drug-likeness (QED) is 0.236. The minimum Gasteiger partial charge on any atom is -0.493 e. The van der Waals surface area contributed by atoms with Gasteiger partial charge in [0, 0.05) is 46.2 Å². The van der Waals surface area contributed by atoms with Crippen LogP contribution in [0.25, 0.3) is 10.9 Å². The molecule has 1 aliphatic rings. The van der Waals surface area contributed by atoms with Crippen LogP contribution in [-0.2, 0) is 12.8 Å². The SMILES string of the molecule is COc1ccc(Nc2c3c(nc4ccc(NC(=O)c5cccc([N+](=O)[O-])c5)cc24)CCCC3)cc1OC. The molecule has 1 aromatic heterocycles. The number of nitro benzene ring substituents is 1. The summed E-state index contributed by atoms with van der Waals surface area (Å²) < 4.78 is 10.8. The number of non-ortho nitro benzene ring substituents is 1. The predicted molar refractivity (Wildman–Crippen MR) is 142 cm³/mol. The number of hydrogen-bond donors (Lipinski definition) is 2. The lowest BCUT2D eigenvalue weighted by atomic mass is 9.92. The van der Waals surface area contributed by atoms with Crippen molar-refractivity contribution in [2.24, 2.45) is 0 Å². The molecule has 1 aliphatic carbocycles. The molecule has 0 bridgehead atoms. The van der Waals surface area contributed by atoms with Crippen molar-refractivity contribution in [1.29, 1.82) is 0 Å². The van der Waals surface area contributed by atoms with E-state index in [0.29, 0.717) is 17.2 Å². The van der Waals surface area contributed by atoms with E-state index in [1.165, 1.54) is 18.2 Å². The van der Waals surface area contributed by atoms with Gasteiger partial charge in [0.2, 0.25) is 0 Å². The van der Waals surface area contributed by atoms with Crippen molar-refractivity contribution < 1.29 is 19.2 Å². The molecule has 1 heterocycles. The van der Waals surface area contributed by atoms with Crippen LogP contribution in [0.4, 0.5) is 22.7 Å². The molecule has 3 aromatic carbocycles. The van der Waals surface area contributed by atoms with Gasteiger partial charge in [-0.1, -0.05) is 6.07 Å². The molecular weight excluding hydrogens is 472 g/mol. The highest BCUT2D eigenvalue weighted by Gasteiger charge is 2.20. The predicted octanol–water partition coefficient (Wildman–Crippen LogP) is 6.03. The number of methoxy groups -OCH3 is 2. The van der Waals surface area contributed by atoms with E-state index in [-0.39, 0.29) is 11.3 Å². The van der Waals surface area contributed by atoms with Crippen LogP contribution < -0.4 is 20.1 Å². The van der Waals surface area contributed by atoms with Crippen molar-refractivity contribution in [2.75, 3.05) is 24.9 Å². The van der Waals surface area contributed by atoms with Crippen LogP contribution in [0, 0.1) is 10.1 Å². The Bertz CT molecular complexity index is 1520. The summed E-state index contributed by atoms with van der Waals surface area (Å²) in [4.78, 5) is 28.4. The molecule has 0 unspecified atom stereocenters. The lowest BCUT2D eigenvalue weighted by Gasteiger charge is -2.22. The van der Waals surface area contributed by atoms with Gasteiger partial charge in [-0.25, -0.2) is 0 Å². The number of nitrogens with one attached hydrogen (secondary N) is 2. The van der Waals surface area contributed by atoms with Gasteiger partial charge >= 0.3 is 0 Å². The number of fused-ring (bicyclic) bond motifs is 2. The largest absolute Gasteiger partial charge is 0.493 e. The third kappa shape index (κ3) is 4.88. The van der Waals surface area contributed by atoms with Gasteiger partial charge in [-0.2, -0.15) is 0 Å². The van der Waals surface area contributed by atoms with Crippen LogP contribution in [0.5, 0.6) is 11.5 Å². The number of aromatic nitrogens is 1. The van der Waals surface area contributed by atoms with E-state index >= 15 is 0 Å². The second-order valence-corrected chi connectivity index (χ2v) is 8.81. The fourth-order valence-electron chi connectivity index (χ4n) is 4.67. The van der Waals surface area contributed by atoms with E-state index in [9.17, 15) is 14.9 Å². The first kappa shape index (κ1) is 24.1. The molecule has 2 N–H and O–H groups in total. The summed E-state index contributed by atoms with van der Waals surface area (Å²) >= 11 is 0. The smallest absolute Gasteiger partial charge is 0.270 e. The first-order valence-electron chi connectivity index (χ1n) is 12.0. The number of carbonyl (C=O) groups excluding carboxylic acids is 1. The Balaban J connectivity index is 1.54. The maximum atomic E-state index is 12.9. The highest BCUT2D eigenvalue weighted by molar-refractivity contribution is 6.06. The van der Waals surface area contributed by atoms with Gasteiger partial charge in [0.1, 0.15) is 0 Å². The molecule has 0 saturated heterocycles. The molecule has 4 aromatic rings. The third-order valence-electron chi connectivity index (χ3n) is 6.49. The molecule has 37 heavy (non-hydrogen) atoms. The van der Waals surface area contributed by atoms with E-state index in [4.69, 9.17) is 14.5 Å². The lowest BCUT2D eigenvalue weighted by Crippen LogP contribution is -2.13. The van der Waals surface area contributed by atoms with E-state index < -0.39 is 10.8 Å². The van der Waals surface area contributed by atoms with E-state index in [0.717, 1.165) is 59.2 Å². The monoisotopic (exact) mass is 498 g/mol. The molecule has 1 amide bonds. The molecule has 0 atom stereocenters. The molecular formula is C28H26N4O5. The van der Waals surface area contributed by atoms with Crippen LogP contribution in [0.2, 0.25) is 0 Å². The zero-order chi connectivity index (χ0) is 25.9. The summed E-state index contributed by atoms with van der Waals surface area (Å²) in [6, 6.07) is 16.9. The van der Waals surface area contributed by atoms with E-state index in [1.54, 1.807) is 26.4 Å². The fraction of sp³-hybridized carbons (Fsp3) is 0.214. The molecule has 0 saturated carbocycles. The third-order valence-corrected chi connectivity index (χ3v) is 6.49. The van der Waals surface area contributed by atoms with Crippen LogP contribution in [0.3, 0.4) is 0 Å². The summed E-state index contributed by atoms with van der Waals surface area (Å²) in [5.41, 5.74) is 5.48. The van der Waals surface area contributed by atoms with Gasteiger partial charge in [-0.15, -0.1) is 0 Å². The number of anilines is 3. The van der Waals surface area contributed by atoms with Gasteiger partial charge in [0.25, 0.3) is 11.6 Å². The average molecular weight is 499 g/mol. The number of rotatable bonds is 7. The topological polar surface area (TPSA) is 116 Å². The number of pyridine rings is 1. The van der Waals surface area contributed by atoms with Crippen molar-refractivity contribution in [3.63, 3.8) is 0 Å². The Labute approximate surface area is 213 Å². The molecule has 9 heteroatoms. The highest BCUT2D eigenvalue weighted by atomic mass is 16.6. The number of carbonyl (C=O) groups is 1. The Morgan fingerprint density at radius 2 is 1.73 bits per heavy atom. The Kier molecular flexibility index (Phi) is 6.59. The van der Waals surface area contributed by atoms with Gasteiger partial charge in [-0.3, -0.25) is 19.9 Å². The molecule has 0 radical (unpaired) electrons. The summed E-state index contributed by atoms with van der Waals surface area (Å²) in [5, 5.41) is 18.4. The summed E-state index contributed by atoms with van der Waals surface area (Å²) in [6.07, 6.45) is 3.98. The molecule has 0 fully saturated rings. The molecule has 5 rings (SSSR count). The molecule has 9 nitrogen and oxygen atoms in total. The van der Waals surface area contributed by atoms with Gasteiger partial charge in [0.15, 0.2) is 11.5 Å². The van der Waals surface area contributed by atoms with Crippen LogP contribution in [0.1, 0.15) is 34.5 Å². The zero-order valence-corrected chi connectivity index (χ0v) is 20.5. The van der Waals surface area contributed by atoms with Crippen molar-refractivity contribution in [2.45, 2.75) is 25.7 Å². The minimum atomic E-state index is -0.520. The van der Waals surface area contributed by atoms with Crippen LogP contribution in [0.15, 0.2) is 60.7 Å². The number of nitrogens with zero attached hydrogens (tertiary/aromatic N) is 2. The maximum Gasteiger partial charge on any atom is 0.270 e. The van der Waals surface area contributed by atoms with Crippen LogP contribution >= 0.6 is 0 Å². The Morgan fingerprint density at radius 1 is 0.946 bits per heavy atom. The zero-order valence-electron chi connectivity index (χ0n) is 20.5. The molecule has 0 spiro atoms.